The Bertz CT molecular complexity index is 1400. The van der Waals surface area contributed by atoms with Gasteiger partial charge in [0.05, 0.1) is 16.7 Å². The van der Waals surface area contributed by atoms with E-state index in [2.05, 4.69) is 12.2 Å². The molecular formula is C29H29N3O3S. The molecule has 1 amide bonds. The molecule has 0 radical (unpaired) electrons. The van der Waals surface area contributed by atoms with Crippen LogP contribution in [0.15, 0.2) is 88.8 Å². The van der Waals surface area contributed by atoms with Crippen LogP contribution in [0.4, 0.5) is 0 Å². The van der Waals surface area contributed by atoms with Gasteiger partial charge in [-0.1, -0.05) is 92.2 Å². The number of carbonyl (C=O) groups excluding carboxylic acids is 2. The van der Waals surface area contributed by atoms with Crippen molar-refractivity contribution in [1.29, 1.82) is 0 Å². The number of amides is 1. The highest BCUT2D eigenvalue weighted by atomic mass is 32.2. The number of rotatable bonds is 11. The Morgan fingerprint density at radius 3 is 2.36 bits per heavy atom. The van der Waals surface area contributed by atoms with E-state index in [1.54, 1.807) is 34.9 Å². The zero-order chi connectivity index (χ0) is 25.3. The lowest BCUT2D eigenvalue weighted by Gasteiger charge is -2.13. The van der Waals surface area contributed by atoms with Gasteiger partial charge < -0.3 is 5.32 Å². The standard InChI is InChI=1S/C29H29N3O3S/c1-2-3-10-17-32-28(35)24-16-15-23(27(34)30-19-21-11-6-4-7-12-21)18-25(24)31-29(32)36-20-26(33)22-13-8-5-9-14-22/h4-9,11-16,18H,2-3,10,17,19-20H2,1H3,(H,30,34). The van der Waals surface area contributed by atoms with Gasteiger partial charge in [0.15, 0.2) is 10.9 Å². The molecule has 0 bridgehead atoms. The Kier molecular flexibility index (Phi) is 8.68. The number of hydrogen-bond donors (Lipinski definition) is 1. The highest BCUT2D eigenvalue weighted by molar-refractivity contribution is 7.99. The van der Waals surface area contributed by atoms with Gasteiger partial charge in [-0.05, 0) is 30.2 Å². The molecule has 0 atom stereocenters. The molecule has 7 heteroatoms. The molecule has 184 valence electrons. The minimum atomic E-state index is -0.233. The maximum absolute atomic E-state index is 13.4. The highest BCUT2D eigenvalue weighted by Crippen LogP contribution is 2.21. The predicted octanol–water partition coefficient (Wildman–Crippen LogP) is 5.49. The van der Waals surface area contributed by atoms with Gasteiger partial charge in [-0.25, -0.2) is 4.98 Å². The predicted molar refractivity (Wildman–Crippen MR) is 145 cm³/mol. The molecule has 1 N–H and O–H groups in total. The molecule has 1 heterocycles. The number of unbranched alkanes of at least 4 members (excludes halogenated alkanes) is 2. The zero-order valence-corrected chi connectivity index (χ0v) is 21.1. The monoisotopic (exact) mass is 499 g/mol. The quantitative estimate of drug-likeness (QED) is 0.128. The number of carbonyl (C=O) groups is 2. The number of hydrogen-bond acceptors (Lipinski definition) is 5. The summed E-state index contributed by atoms with van der Waals surface area (Å²) >= 11 is 1.26. The van der Waals surface area contributed by atoms with E-state index in [-0.39, 0.29) is 23.0 Å². The fraction of sp³-hybridized carbons (Fsp3) is 0.241. The molecule has 36 heavy (non-hydrogen) atoms. The molecule has 0 saturated heterocycles. The smallest absolute Gasteiger partial charge is 0.262 e. The molecule has 0 aliphatic carbocycles. The van der Waals surface area contributed by atoms with Crippen molar-refractivity contribution < 1.29 is 9.59 Å². The number of thioether (sulfide) groups is 1. The molecule has 0 saturated carbocycles. The minimum absolute atomic E-state index is 0.0240. The van der Waals surface area contributed by atoms with E-state index in [0.29, 0.717) is 40.3 Å². The van der Waals surface area contributed by atoms with E-state index in [1.807, 2.05) is 48.5 Å². The third kappa shape index (κ3) is 6.29. The van der Waals surface area contributed by atoms with Crippen LogP contribution in [0.25, 0.3) is 10.9 Å². The van der Waals surface area contributed by atoms with Crippen molar-refractivity contribution in [2.75, 3.05) is 5.75 Å². The van der Waals surface area contributed by atoms with Crippen LogP contribution < -0.4 is 10.9 Å². The van der Waals surface area contributed by atoms with Gasteiger partial charge in [0.25, 0.3) is 11.5 Å². The Hall–Kier alpha value is -3.71. The molecule has 0 aliphatic rings. The van der Waals surface area contributed by atoms with E-state index in [1.165, 1.54) is 11.8 Å². The summed E-state index contributed by atoms with van der Waals surface area (Å²) in [6, 6.07) is 23.8. The van der Waals surface area contributed by atoms with Crippen LogP contribution in [0.2, 0.25) is 0 Å². The fourth-order valence-corrected chi connectivity index (χ4v) is 4.81. The Morgan fingerprint density at radius 1 is 0.917 bits per heavy atom. The van der Waals surface area contributed by atoms with Crippen LogP contribution in [0.1, 0.15) is 52.5 Å². The van der Waals surface area contributed by atoms with E-state index >= 15 is 0 Å². The SMILES string of the molecule is CCCCCn1c(SCC(=O)c2ccccc2)nc2cc(C(=O)NCc3ccccc3)ccc2c1=O. The Labute approximate surface area is 214 Å². The average Bonchev–Trinajstić information content (AvgIpc) is 2.92. The van der Waals surface area contributed by atoms with Crippen molar-refractivity contribution in [2.24, 2.45) is 0 Å². The van der Waals surface area contributed by atoms with Crippen LogP contribution in [-0.2, 0) is 13.1 Å². The lowest BCUT2D eigenvalue weighted by Crippen LogP contribution is -2.25. The van der Waals surface area contributed by atoms with E-state index < -0.39 is 0 Å². The molecular weight excluding hydrogens is 470 g/mol. The van der Waals surface area contributed by atoms with Crippen molar-refractivity contribution in [3.8, 4) is 0 Å². The number of ketones is 1. The number of aromatic nitrogens is 2. The second-order valence-corrected chi connectivity index (χ2v) is 9.48. The van der Waals surface area contributed by atoms with Gasteiger partial charge in [0, 0.05) is 24.2 Å². The lowest BCUT2D eigenvalue weighted by molar-refractivity contribution is 0.0950. The zero-order valence-electron chi connectivity index (χ0n) is 20.3. The number of fused-ring (bicyclic) bond motifs is 1. The van der Waals surface area contributed by atoms with Gasteiger partial charge >= 0.3 is 0 Å². The second-order valence-electron chi connectivity index (χ2n) is 8.54. The van der Waals surface area contributed by atoms with Crippen LogP contribution in [0.5, 0.6) is 0 Å². The first-order chi connectivity index (χ1) is 17.6. The maximum Gasteiger partial charge on any atom is 0.262 e. The van der Waals surface area contributed by atoms with Crippen LogP contribution >= 0.6 is 11.8 Å². The topological polar surface area (TPSA) is 81.1 Å². The number of nitrogens with one attached hydrogen (secondary N) is 1. The lowest BCUT2D eigenvalue weighted by atomic mass is 10.1. The highest BCUT2D eigenvalue weighted by Gasteiger charge is 2.16. The summed E-state index contributed by atoms with van der Waals surface area (Å²) in [7, 11) is 0. The van der Waals surface area contributed by atoms with E-state index in [9.17, 15) is 14.4 Å². The van der Waals surface area contributed by atoms with Gasteiger partial charge in [0.1, 0.15) is 0 Å². The summed E-state index contributed by atoms with van der Waals surface area (Å²) < 4.78 is 1.66. The van der Waals surface area contributed by atoms with Crippen molar-refractivity contribution in [3.05, 3.63) is 106 Å². The van der Waals surface area contributed by atoms with Gasteiger partial charge in [-0.15, -0.1) is 0 Å². The Balaban J connectivity index is 1.60. The van der Waals surface area contributed by atoms with Crippen LogP contribution in [0.3, 0.4) is 0 Å². The number of nitrogens with zero attached hydrogens (tertiary/aromatic N) is 2. The second kappa shape index (κ2) is 12.3. The first-order valence-corrected chi connectivity index (χ1v) is 13.1. The van der Waals surface area contributed by atoms with Crippen LogP contribution in [-0.4, -0.2) is 27.0 Å². The largest absolute Gasteiger partial charge is 0.348 e. The van der Waals surface area contributed by atoms with Crippen LogP contribution in [0, 0.1) is 0 Å². The summed E-state index contributed by atoms with van der Waals surface area (Å²) in [4.78, 5) is 43.6. The normalized spacial score (nSPS) is 10.9. The molecule has 3 aromatic carbocycles. The van der Waals surface area contributed by atoms with Crippen molar-refractivity contribution in [1.82, 2.24) is 14.9 Å². The van der Waals surface area contributed by atoms with Gasteiger partial charge in [-0.3, -0.25) is 19.0 Å². The molecule has 0 fully saturated rings. The fourth-order valence-electron chi connectivity index (χ4n) is 3.89. The van der Waals surface area contributed by atoms with Crippen molar-refractivity contribution >= 4 is 34.4 Å². The average molecular weight is 500 g/mol. The molecule has 0 aliphatic heterocycles. The number of Topliss-reactive ketones (excluding diaryl/α,β-unsaturated/α-hetero) is 1. The first-order valence-electron chi connectivity index (χ1n) is 12.1. The number of benzene rings is 3. The summed E-state index contributed by atoms with van der Waals surface area (Å²) in [6.45, 7) is 3.06. The minimum Gasteiger partial charge on any atom is -0.348 e. The maximum atomic E-state index is 13.4. The van der Waals surface area contributed by atoms with Gasteiger partial charge in [0.2, 0.25) is 0 Å². The molecule has 0 unspecified atom stereocenters. The summed E-state index contributed by atoms with van der Waals surface area (Å²) in [5, 5.41) is 3.87. The van der Waals surface area contributed by atoms with E-state index in [4.69, 9.17) is 4.98 Å². The molecule has 4 rings (SSSR count). The molecule has 1 aromatic heterocycles. The van der Waals surface area contributed by atoms with E-state index in [0.717, 1.165) is 24.8 Å². The molecule has 0 spiro atoms. The Morgan fingerprint density at radius 2 is 1.64 bits per heavy atom. The van der Waals surface area contributed by atoms with Crippen molar-refractivity contribution in [3.63, 3.8) is 0 Å². The summed E-state index contributed by atoms with van der Waals surface area (Å²) in [5.41, 5.74) is 2.37. The summed E-state index contributed by atoms with van der Waals surface area (Å²) in [5.74, 6) is -0.0836. The summed E-state index contributed by atoms with van der Waals surface area (Å²) in [6.07, 6.45) is 2.88. The molecule has 6 nitrogen and oxygen atoms in total. The van der Waals surface area contributed by atoms with Gasteiger partial charge in [-0.2, -0.15) is 0 Å². The molecule has 4 aromatic rings. The van der Waals surface area contributed by atoms with Crippen molar-refractivity contribution in [2.45, 2.75) is 44.4 Å². The third-order valence-corrected chi connectivity index (χ3v) is 6.87. The third-order valence-electron chi connectivity index (χ3n) is 5.89. The first kappa shape index (κ1) is 25.4.